The Hall–Kier alpha value is -2.46. The molecule has 0 amide bonds. The quantitative estimate of drug-likeness (QED) is 0.592. The molecule has 1 aliphatic heterocycles. The maximum Gasteiger partial charge on any atom is 0.339 e. The van der Waals surface area contributed by atoms with Crippen molar-refractivity contribution in [1.82, 2.24) is 0 Å². The second kappa shape index (κ2) is 5.81. The summed E-state index contributed by atoms with van der Waals surface area (Å²) < 4.78 is 11.5. The first kappa shape index (κ1) is 16.0. The number of benzene rings is 2. The molecule has 1 aromatic heterocycles. The Morgan fingerprint density at radius 2 is 1.92 bits per heavy atom. The first-order chi connectivity index (χ1) is 12.0. The smallest absolute Gasteiger partial charge is 0.339 e. The number of halogens is 1. The van der Waals surface area contributed by atoms with Gasteiger partial charge >= 0.3 is 5.63 Å². The van der Waals surface area contributed by atoms with Gasteiger partial charge in [-0.15, -0.1) is 0 Å². The van der Waals surface area contributed by atoms with Gasteiger partial charge < -0.3 is 14.1 Å². The molecule has 2 heterocycles. The van der Waals surface area contributed by atoms with Crippen LogP contribution in [-0.4, -0.2) is 6.73 Å². The van der Waals surface area contributed by atoms with E-state index in [-0.39, 0.29) is 5.63 Å². The molecule has 0 fully saturated rings. The van der Waals surface area contributed by atoms with Crippen LogP contribution in [0.4, 0.5) is 5.69 Å². The van der Waals surface area contributed by atoms with Crippen molar-refractivity contribution in [3.8, 4) is 5.75 Å². The lowest BCUT2D eigenvalue weighted by Gasteiger charge is -2.31. The minimum Gasteiger partial charge on any atom is -0.471 e. The number of anilines is 1. The molecule has 0 spiro atoms. The molecule has 2 aromatic carbocycles. The molecule has 0 unspecified atom stereocenters. The van der Waals surface area contributed by atoms with E-state index in [1.807, 2.05) is 25.1 Å². The van der Waals surface area contributed by atoms with Crippen molar-refractivity contribution in [2.45, 2.75) is 27.3 Å². The Morgan fingerprint density at radius 3 is 2.68 bits per heavy atom. The van der Waals surface area contributed by atoms with Gasteiger partial charge in [-0.2, -0.15) is 0 Å². The minimum atomic E-state index is -0.317. The zero-order chi connectivity index (χ0) is 17.7. The van der Waals surface area contributed by atoms with Crippen molar-refractivity contribution in [2.24, 2.45) is 0 Å². The van der Waals surface area contributed by atoms with Crippen molar-refractivity contribution < 1.29 is 9.15 Å². The molecule has 4 rings (SSSR count). The summed E-state index contributed by atoms with van der Waals surface area (Å²) in [5.41, 5.74) is 4.80. The normalized spacial score (nSPS) is 13.7. The summed E-state index contributed by atoms with van der Waals surface area (Å²) >= 11 is 6.44. The number of hydrogen-bond acceptors (Lipinski definition) is 4. The molecule has 0 saturated carbocycles. The molecule has 0 N–H and O–H groups in total. The first-order valence-electron chi connectivity index (χ1n) is 8.15. The second-order valence-corrected chi connectivity index (χ2v) is 6.90. The van der Waals surface area contributed by atoms with Gasteiger partial charge in [0.2, 0.25) is 0 Å². The van der Waals surface area contributed by atoms with Crippen molar-refractivity contribution >= 4 is 28.3 Å². The van der Waals surface area contributed by atoms with Gasteiger partial charge in [0.05, 0.1) is 17.1 Å². The van der Waals surface area contributed by atoms with Crippen LogP contribution in [0.1, 0.15) is 22.3 Å². The standard InChI is InChI=1S/C20H18ClNO3/c1-11-5-4-6-14(7-11)22-9-16-18-15(8-17(21)19(16)24-10-22)12(2)13(3)20(23)25-18/h4-8H,9-10H2,1-3H3. The van der Waals surface area contributed by atoms with Crippen molar-refractivity contribution in [1.29, 1.82) is 0 Å². The first-order valence-corrected chi connectivity index (χ1v) is 8.53. The van der Waals surface area contributed by atoms with Gasteiger partial charge in [-0.3, -0.25) is 0 Å². The van der Waals surface area contributed by atoms with Crippen LogP contribution >= 0.6 is 11.6 Å². The fourth-order valence-electron chi connectivity index (χ4n) is 3.26. The van der Waals surface area contributed by atoms with Crippen LogP contribution in [0.3, 0.4) is 0 Å². The molecule has 1 aliphatic rings. The van der Waals surface area contributed by atoms with Crippen LogP contribution in [0.2, 0.25) is 5.02 Å². The van der Waals surface area contributed by atoms with E-state index in [1.165, 1.54) is 5.56 Å². The lowest BCUT2D eigenvalue weighted by atomic mass is 10.0. The largest absolute Gasteiger partial charge is 0.471 e. The predicted molar refractivity (Wildman–Crippen MR) is 99.8 cm³/mol. The average Bonchev–Trinajstić information content (AvgIpc) is 2.61. The highest BCUT2D eigenvalue weighted by Crippen LogP contribution is 2.40. The van der Waals surface area contributed by atoms with Crippen molar-refractivity contribution in [3.05, 3.63) is 68.0 Å². The van der Waals surface area contributed by atoms with E-state index in [9.17, 15) is 4.79 Å². The number of rotatable bonds is 1. The maximum atomic E-state index is 12.2. The second-order valence-electron chi connectivity index (χ2n) is 6.49. The van der Waals surface area contributed by atoms with E-state index in [2.05, 4.69) is 24.0 Å². The Bertz CT molecular complexity index is 1050. The van der Waals surface area contributed by atoms with E-state index in [4.69, 9.17) is 20.8 Å². The van der Waals surface area contributed by atoms with Crippen LogP contribution in [0.25, 0.3) is 11.0 Å². The number of hydrogen-bond donors (Lipinski definition) is 0. The Balaban J connectivity index is 1.91. The number of aryl methyl sites for hydroxylation is 2. The molecule has 0 atom stereocenters. The van der Waals surface area contributed by atoms with E-state index in [0.29, 0.717) is 35.2 Å². The molecule has 0 radical (unpaired) electrons. The van der Waals surface area contributed by atoms with E-state index in [0.717, 1.165) is 22.2 Å². The molecule has 25 heavy (non-hydrogen) atoms. The molecule has 128 valence electrons. The lowest BCUT2D eigenvalue weighted by Crippen LogP contribution is -2.32. The summed E-state index contributed by atoms with van der Waals surface area (Å²) in [5.74, 6) is 0.601. The molecule has 0 saturated heterocycles. The average molecular weight is 356 g/mol. The third kappa shape index (κ3) is 2.57. The number of nitrogens with zero attached hydrogens (tertiary/aromatic N) is 1. The topological polar surface area (TPSA) is 42.7 Å². The Morgan fingerprint density at radius 1 is 1.12 bits per heavy atom. The van der Waals surface area contributed by atoms with Crippen molar-refractivity contribution in [3.63, 3.8) is 0 Å². The minimum absolute atomic E-state index is 0.317. The molecular formula is C20H18ClNO3. The van der Waals surface area contributed by atoms with Crippen LogP contribution in [0, 0.1) is 20.8 Å². The third-order valence-electron chi connectivity index (χ3n) is 4.83. The predicted octanol–water partition coefficient (Wildman–Crippen LogP) is 4.73. The van der Waals surface area contributed by atoms with E-state index < -0.39 is 0 Å². The summed E-state index contributed by atoms with van der Waals surface area (Å²) in [6.45, 7) is 6.71. The van der Waals surface area contributed by atoms with E-state index in [1.54, 1.807) is 6.92 Å². The maximum absolute atomic E-state index is 12.2. The third-order valence-corrected chi connectivity index (χ3v) is 5.11. The lowest BCUT2D eigenvalue weighted by molar-refractivity contribution is 0.289. The fraction of sp³-hybridized carbons (Fsp3) is 0.250. The number of fused-ring (bicyclic) bond motifs is 3. The van der Waals surface area contributed by atoms with Gasteiger partial charge in [0.1, 0.15) is 11.3 Å². The zero-order valence-electron chi connectivity index (χ0n) is 14.4. The van der Waals surface area contributed by atoms with Crippen LogP contribution in [0.15, 0.2) is 39.5 Å². The van der Waals surface area contributed by atoms with Crippen LogP contribution < -0.4 is 15.3 Å². The molecule has 0 aliphatic carbocycles. The summed E-state index contributed by atoms with van der Waals surface area (Å²) in [4.78, 5) is 14.3. The molecule has 5 heteroatoms. The summed E-state index contributed by atoms with van der Waals surface area (Å²) in [6.07, 6.45) is 0. The summed E-state index contributed by atoms with van der Waals surface area (Å²) in [5, 5.41) is 1.40. The highest BCUT2D eigenvalue weighted by Gasteiger charge is 2.25. The van der Waals surface area contributed by atoms with Gasteiger partial charge in [0.25, 0.3) is 0 Å². The molecule has 3 aromatic rings. The van der Waals surface area contributed by atoms with Crippen LogP contribution in [-0.2, 0) is 6.54 Å². The Kier molecular flexibility index (Phi) is 3.73. The number of ether oxygens (including phenoxy) is 1. The summed E-state index contributed by atoms with van der Waals surface area (Å²) in [6, 6.07) is 10.0. The van der Waals surface area contributed by atoms with Crippen molar-refractivity contribution in [2.75, 3.05) is 11.6 Å². The van der Waals surface area contributed by atoms with Gasteiger partial charge in [-0.05, 0) is 50.1 Å². The van der Waals surface area contributed by atoms with Gasteiger partial charge in [-0.1, -0.05) is 23.7 Å². The molecule has 4 nitrogen and oxygen atoms in total. The Labute approximate surface area is 150 Å². The summed E-state index contributed by atoms with van der Waals surface area (Å²) in [7, 11) is 0. The van der Waals surface area contributed by atoms with E-state index >= 15 is 0 Å². The SMILES string of the molecule is Cc1cccc(N2COc3c(Cl)cc4c(C)c(C)c(=O)oc4c3C2)c1. The monoisotopic (exact) mass is 355 g/mol. The highest BCUT2D eigenvalue weighted by molar-refractivity contribution is 6.33. The molecule has 0 bridgehead atoms. The highest BCUT2D eigenvalue weighted by atomic mass is 35.5. The van der Waals surface area contributed by atoms with Crippen LogP contribution in [0.5, 0.6) is 5.75 Å². The van der Waals surface area contributed by atoms with Gasteiger partial charge in [0, 0.05) is 16.6 Å². The van der Waals surface area contributed by atoms with Gasteiger partial charge in [0.15, 0.2) is 6.73 Å². The molecular weight excluding hydrogens is 338 g/mol. The van der Waals surface area contributed by atoms with Gasteiger partial charge in [-0.25, -0.2) is 4.79 Å². The zero-order valence-corrected chi connectivity index (χ0v) is 15.1. The fourth-order valence-corrected chi connectivity index (χ4v) is 3.53.